The maximum atomic E-state index is 12.4. The topological polar surface area (TPSA) is 95.8 Å². The zero-order chi connectivity index (χ0) is 19.3. The predicted molar refractivity (Wildman–Crippen MR) is 107 cm³/mol. The van der Waals surface area contributed by atoms with E-state index in [0.29, 0.717) is 36.2 Å². The summed E-state index contributed by atoms with van der Waals surface area (Å²) in [6.45, 7) is 2.79. The average Bonchev–Trinajstić information content (AvgIpc) is 3.36. The van der Waals surface area contributed by atoms with Crippen molar-refractivity contribution < 1.29 is 9.21 Å². The summed E-state index contributed by atoms with van der Waals surface area (Å²) in [6, 6.07) is 13.5. The molecule has 3 heterocycles. The summed E-state index contributed by atoms with van der Waals surface area (Å²) in [5, 5.41) is 7.31. The number of aromatic nitrogens is 3. The number of nitrogens with zero attached hydrogens (tertiary/aromatic N) is 2. The Morgan fingerprint density at radius 3 is 2.93 bits per heavy atom. The molecule has 0 spiro atoms. The highest BCUT2D eigenvalue weighted by Gasteiger charge is 2.11. The van der Waals surface area contributed by atoms with Crippen LogP contribution in [0.4, 0.5) is 5.82 Å². The minimum absolute atomic E-state index is 0.262. The first kappa shape index (κ1) is 17.8. The van der Waals surface area contributed by atoms with Gasteiger partial charge in [0, 0.05) is 29.7 Å². The number of H-pyrrole nitrogens is 1. The van der Waals surface area contributed by atoms with Crippen LogP contribution in [0.25, 0.3) is 10.9 Å². The number of hydrogen-bond donors (Lipinski definition) is 3. The van der Waals surface area contributed by atoms with Gasteiger partial charge in [-0.25, -0.2) is 9.97 Å². The van der Waals surface area contributed by atoms with Crippen LogP contribution in [-0.2, 0) is 13.0 Å². The van der Waals surface area contributed by atoms with E-state index < -0.39 is 0 Å². The second-order valence-corrected chi connectivity index (χ2v) is 6.48. The Balaban J connectivity index is 1.38. The van der Waals surface area contributed by atoms with Crippen LogP contribution in [0, 0.1) is 6.92 Å². The molecule has 0 fully saturated rings. The van der Waals surface area contributed by atoms with Crippen molar-refractivity contribution in [2.24, 2.45) is 0 Å². The molecular weight excluding hydrogens is 354 g/mol. The summed E-state index contributed by atoms with van der Waals surface area (Å²) in [6.07, 6.45) is 4.45. The third kappa shape index (κ3) is 4.03. The summed E-state index contributed by atoms with van der Waals surface area (Å²) >= 11 is 0. The van der Waals surface area contributed by atoms with Gasteiger partial charge in [0.15, 0.2) is 0 Å². The van der Waals surface area contributed by atoms with Gasteiger partial charge in [0.2, 0.25) is 0 Å². The second kappa shape index (κ2) is 7.96. The fourth-order valence-electron chi connectivity index (χ4n) is 3.11. The van der Waals surface area contributed by atoms with Crippen LogP contribution in [0.2, 0.25) is 0 Å². The van der Waals surface area contributed by atoms with E-state index in [9.17, 15) is 4.79 Å². The van der Waals surface area contributed by atoms with E-state index in [-0.39, 0.29) is 5.91 Å². The van der Waals surface area contributed by atoms with Gasteiger partial charge in [0.1, 0.15) is 23.1 Å². The fourth-order valence-corrected chi connectivity index (χ4v) is 3.11. The van der Waals surface area contributed by atoms with Gasteiger partial charge >= 0.3 is 0 Å². The van der Waals surface area contributed by atoms with E-state index >= 15 is 0 Å². The van der Waals surface area contributed by atoms with Crippen molar-refractivity contribution in [3.05, 3.63) is 77.8 Å². The lowest BCUT2D eigenvalue weighted by atomic mass is 10.1. The Morgan fingerprint density at radius 1 is 1.18 bits per heavy atom. The Morgan fingerprint density at radius 2 is 2.07 bits per heavy atom. The molecule has 142 valence electrons. The fraction of sp³-hybridized carbons (Fsp3) is 0.190. The Hall–Kier alpha value is -3.61. The molecule has 0 bridgehead atoms. The number of benzene rings is 1. The molecule has 0 aliphatic rings. The standard InChI is InChI=1S/C21H21N5O2/c1-14-25-19(21(27)24-13-16-5-4-10-28-16)11-20(26-14)22-9-8-15-12-23-18-7-3-2-6-17(15)18/h2-7,10-12,23H,8-9,13H2,1H3,(H,24,27)(H,22,25,26). The Bertz CT molecular complexity index is 1090. The third-order valence-electron chi connectivity index (χ3n) is 4.45. The number of hydrogen-bond acceptors (Lipinski definition) is 5. The van der Waals surface area contributed by atoms with Gasteiger partial charge in [0.05, 0.1) is 12.8 Å². The van der Waals surface area contributed by atoms with E-state index in [2.05, 4.69) is 37.7 Å². The normalized spacial score (nSPS) is 10.9. The number of anilines is 1. The molecule has 3 aromatic heterocycles. The van der Waals surface area contributed by atoms with Crippen LogP contribution in [0.1, 0.15) is 27.6 Å². The van der Waals surface area contributed by atoms with Gasteiger partial charge in [0.25, 0.3) is 5.91 Å². The Kier molecular flexibility index (Phi) is 5.05. The number of nitrogens with one attached hydrogen (secondary N) is 3. The number of furan rings is 1. The molecule has 4 aromatic rings. The number of aryl methyl sites for hydroxylation is 1. The van der Waals surface area contributed by atoms with Gasteiger partial charge in [-0.15, -0.1) is 0 Å². The SMILES string of the molecule is Cc1nc(NCCc2c[nH]c3ccccc23)cc(C(=O)NCc2ccco2)n1. The summed E-state index contributed by atoms with van der Waals surface area (Å²) in [7, 11) is 0. The first-order chi connectivity index (χ1) is 13.7. The molecule has 0 aliphatic carbocycles. The number of carbonyl (C=O) groups is 1. The lowest BCUT2D eigenvalue weighted by molar-refractivity contribution is 0.0942. The third-order valence-corrected chi connectivity index (χ3v) is 4.45. The van der Waals surface area contributed by atoms with Gasteiger partial charge < -0.3 is 20.0 Å². The van der Waals surface area contributed by atoms with Crippen LogP contribution in [0.15, 0.2) is 59.3 Å². The van der Waals surface area contributed by atoms with Crippen molar-refractivity contribution >= 4 is 22.6 Å². The molecule has 0 saturated heterocycles. The summed E-state index contributed by atoms with van der Waals surface area (Å²) < 4.78 is 5.22. The monoisotopic (exact) mass is 375 g/mol. The van der Waals surface area contributed by atoms with Crippen molar-refractivity contribution in [1.82, 2.24) is 20.3 Å². The van der Waals surface area contributed by atoms with Crippen LogP contribution < -0.4 is 10.6 Å². The highest BCUT2D eigenvalue weighted by atomic mass is 16.3. The molecule has 28 heavy (non-hydrogen) atoms. The van der Waals surface area contributed by atoms with E-state index in [4.69, 9.17) is 4.42 Å². The second-order valence-electron chi connectivity index (χ2n) is 6.48. The molecule has 7 heteroatoms. The van der Waals surface area contributed by atoms with E-state index in [0.717, 1.165) is 11.9 Å². The zero-order valence-corrected chi connectivity index (χ0v) is 15.5. The van der Waals surface area contributed by atoms with E-state index in [1.165, 1.54) is 10.9 Å². The van der Waals surface area contributed by atoms with E-state index in [1.54, 1.807) is 25.3 Å². The summed E-state index contributed by atoms with van der Waals surface area (Å²) in [4.78, 5) is 24.3. The maximum absolute atomic E-state index is 12.4. The summed E-state index contributed by atoms with van der Waals surface area (Å²) in [5.41, 5.74) is 2.70. The molecule has 1 amide bonds. The molecule has 0 unspecified atom stereocenters. The number of aromatic amines is 1. The highest BCUT2D eigenvalue weighted by Crippen LogP contribution is 2.18. The van der Waals surface area contributed by atoms with Crippen molar-refractivity contribution in [1.29, 1.82) is 0 Å². The van der Waals surface area contributed by atoms with Crippen molar-refractivity contribution in [3.8, 4) is 0 Å². The molecule has 0 atom stereocenters. The van der Waals surface area contributed by atoms with Crippen LogP contribution in [0.3, 0.4) is 0 Å². The van der Waals surface area contributed by atoms with Crippen molar-refractivity contribution in [3.63, 3.8) is 0 Å². The first-order valence-electron chi connectivity index (χ1n) is 9.14. The Labute approximate surface area is 162 Å². The molecule has 0 aliphatic heterocycles. The number of amides is 1. The van der Waals surface area contributed by atoms with Crippen molar-refractivity contribution in [2.75, 3.05) is 11.9 Å². The highest BCUT2D eigenvalue weighted by molar-refractivity contribution is 5.92. The number of rotatable bonds is 7. The van der Waals surface area contributed by atoms with Gasteiger partial charge in [-0.2, -0.15) is 0 Å². The maximum Gasteiger partial charge on any atom is 0.270 e. The molecule has 4 rings (SSSR count). The molecular formula is C21H21N5O2. The number of carbonyl (C=O) groups excluding carboxylic acids is 1. The van der Waals surface area contributed by atoms with Crippen LogP contribution in [-0.4, -0.2) is 27.4 Å². The molecule has 7 nitrogen and oxygen atoms in total. The van der Waals surface area contributed by atoms with Crippen LogP contribution >= 0.6 is 0 Å². The average molecular weight is 375 g/mol. The van der Waals surface area contributed by atoms with E-state index in [1.807, 2.05) is 24.4 Å². The quantitative estimate of drug-likeness (QED) is 0.460. The molecule has 0 saturated carbocycles. The first-order valence-corrected chi connectivity index (χ1v) is 9.14. The molecule has 3 N–H and O–H groups in total. The van der Waals surface area contributed by atoms with Crippen molar-refractivity contribution in [2.45, 2.75) is 19.9 Å². The van der Waals surface area contributed by atoms with Gasteiger partial charge in [-0.05, 0) is 37.1 Å². The number of para-hydroxylation sites is 1. The molecule has 0 radical (unpaired) electrons. The lowest BCUT2D eigenvalue weighted by Crippen LogP contribution is -2.24. The molecule has 1 aromatic carbocycles. The predicted octanol–water partition coefficient (Wildman–Crippen LogP) is 3.44. The largest absolute Gasteiger partial charge is 0.467 e. The van der Waals surface area contributed by atoms with Crippen LogP contribution in [0.5, 0.6) is 0 Å². The smallest absolute Gasteiger partial charge is 0.270 e. The summed E-state index contributed by atoms with van der Waals surface area (Å²) in [5.74, 6) is 1.61. The zero-order valence-electron chi connectivity index (χ0n) is 15.5. The number of fused-ring (bicyclic) bond motifs is 1. The van der Waals surface area contributed by atoms with Gasteiger partial charge in [-0.1, -0.05) is 18.2 Å². The minimum Gasteiger partial charge on any atom is -0.467 e. The lowest BCUT2D eigenvalue weighted by Gasteiger charge is -2.09. The van der Waals surface area contributed by atoms with Gasteiger partial charge in [-0.3, -0.25) is 4.79 Å². The minimum atomic E-state index is -0.262.